The molecule has 1 saturated heterocycles. The van der Waals surface area contributed by atoms with Crippen LogP contribution < -0.4 is 22.2 Å². The number of hydrazine groups is 1. The van der Waals surface area contributed by atoms with Gasteiger partial charge in [-0.2, -0.15) is 9.97 Å². The summed E-state index contributed by atoms with van der Waals surface area (Å²) in [7, 11) is 0. The highest BCUT2D eigenvalue weighted by Crippen LogP contribution is 2.34. The molecule has 0 bridgehead atoms. The number of nitrogens with two attached hydrogens (primary N) is 2. The summed E-state index contributed by atoms with van der Waals surface area (Å²) in [5.41, 5.74) is 15.9. The van der Waals surface area contributed by atoms with Crippen LogP contribution in [0.1, 0.15) is 5.56 Å². The zero-order chi connectivity index (χ0) is 33.0. The average Bonchev–Trinajstić information content (AvgIpc) is 3.07. The Balaban J connectivity index is 0.000000186. The average molecular weight is 711 g/mol. The van der Waals surface area contributed by atoms with E-state index in [-0.39, 0.29) is 17.6 Å². The SMILES string of the molecule is Nc1ncc(Sc2ccc(Cl)cc2)c(NCCc2ccc(O)cc2)n1.Nc1ncc(Sc2ccc(Cl)cc2)c(NN2CCOCC2)n1. The number of phenols is 1. The molecule has 7 N–H and O–H groups in total. The van der Waals surface area contributed by atoms with Crippen molar-refractivity contribution in [1.29, 1.82) is 0 Å². The first-order valence-corrected chi connectivity index (χ1v) is 16.9. The second-order valence-corrected chi connectivity index (χ2v) is 13.2. The Morgan fingerprint density at radius 2 is 1.26 bits per heavy atom. The van der Waals surface area contributed by atoms with Crippen molar-refractivity contribution in [3.05, 3.63) is 101 Å². The topological polar surface area (TPSA) is 160 Å². The number of anilines is 4. The predicted octanol–water partition coefficient (Wildman–Crippen LogP) is 6.75. The van der Waals surface area contributed by atoms with Crippen molar-refractivity contribution in [3.63, 3.8) is 0 Å². The van der Waals surface area contributed by atoms with Gasteiger partial charge in [-0.25, -0.2) is 15.0 Å². The largest absolute Gasteiger partial charge is 0.508 e. The summed E-state index contributed by atoms with van der Waals surface area (Å²) in [6, 6.07) is 22.4. The molecule has 1 fully saturated rings. The molecule has 15 heteroatoms. The van der Waals surface area contributed by atoms with Crippen molar-refractivity contribution in [1.82, 2.24) is 24.9 Å². The monoisotopic (exact) mass is 709 g/mol. The van der Waals surface area contributed by atoms with Gasteiger partial charge in [0.05, 0.1) is 23.0 Å². The van der Waals surface area contributed by atoms with Gasteiger partial charge in [0.1, 0.15) is 11.6 Å². The molecular weight excluding hydrogens is 677 g/mol. The Labute approximate surface area is 291 Å². The van der Waals surface area contributed by atoms with Crippen molar-refractivity contribution in [2.24, 2.45) is 0 Å². The molecule has 0 aliphatic carbocycles. The second-order valence-electron chi connectivity index (χ2n) is 10.0. The highest BCUT2D eigenvalue weighted by molar-refractivity contribution is 7.99. The Bertz CT molecular complexity index is 1730. The molecule has 2 aromatic heterocycles. The molecule has 0 saturated carbocycles. The lowest BCUT2D eigenvalue weighted by molar-refractivity contribution is 0.0493. The smallest absolute Gasteiger partial charge is 0.222 e. The molecule has 0 radical (unpaired) electrons. The van der Waals surface area contributed by atoms with Crippen molar-refractivity contribution in [3.8, 4) is 5.75 Å². The van der Waals surface area contributed by atoms with Crippen LogP contribution in [0.4, 0.5) is 23.5 Å². The molecule has 3 aromatic carbocycles. The lowest BCUT2D eigenvalue weighted by Gasteiger charge is -2.28. The van der Waals surface area contributed by atoms with E-state index in [1.54, 1.807) is 48.1 Å². The molecular formula is C32H33Cl2N9O2S2. The maximum atomic E-state index is 9.33. The van der Waals surface area contributed by atoms with Gasteiger partial charge < -0.3 is 32.1 Å². The third kappa shape index (κ3) is 11.1. The number of nitrogen functional groups attached to an aromatic ring is 2. The van der Waals surface area contributed by atoms with Gasteiger partial charge in [0, 0.05) is 51.9 Å². The molecule has 6 rings (SSSR count). The van der Waals surface area contributed by atoms with Crippen molar-refractivity contribution in [2.45, 2.75) is 26.0 Å². The Kier molecular flexibility index (Phi) is 12.6. The Morgan fingerprint density at radius 1 is 0.745 bits per heavy atom. The van der Waals surface area contributed by atoms with Crippen LogP contribution in [0.5, 0.6) is 5.75 Å². The zero-order valence-electron chi connectivity index (χ0n) is 25.1. The van der Waals surface area contributed by atoms with Crippen molar-refractivity contribution >= 4 is 70.3 Å². The maximum Gasteiger partial charge on any atom is 0.222 e. The summed E-state index contributed by atoms with van der Waals surface area (Å²) in [5.74, 6) is 2.14. The van der Waals surface area contributed by atoms with E-state index in [2.05, 4.69) is 35.7 Å². The number of halogens is 2. The van der Waals surface area contributed by atoms with Crippen LogP contribution in [0.25, 0.3) is 0 Å². The van der Waals surface area contributed by atoms with Gasteiger partial charge in [-0.3, -0.25) is 0 Å². The highest BCUT2D eigenvalue weighted by Gasteiger charge is 2.15. The molecule has 5 aromatic rings. The van der Waals surface area contributed by atoms with Gasteiger partial charge in [0.15, 0.2) is 5.82 Å². The maximum absolute atomic E-state index is 9.33. The lowest BCUT2D eigenvalue weighted by Crippen LogP contribution is -2.40. The molecule has 0 unspecified atom stereocenters. The van der Waals surface area contributed by atoms with E-state index in [0.29, 0.717) is 41.4 Å². The van der Waals surface area contributed by atoms with Gasteiger partial charge in [0.2, 0.25) is 11.9 Å². The molecule has 244 valence electrons. The minimum Gasteiger partial charge on any atom is -0.508 e. The molecule has 11 nitrogen and oxygen atoms in total. The number of hydrogen-bond donors (Lipinski definition) is 5. The molecule has 0 amide bonds. The van der Waals surface area contributed by atoms with E-state index in [9.17, 15) is 5.11 Å². The highest BCUT2D eigenvalue weighted by atomic mass is 35.5. The number of phenolic OH excluding ortho intramolecular Hbond substituents is 1. The Morgan fingerprint density at radius 3 is 1.81 bits per heavy atom. The lowest BCUT2D eigenvalue weighted by atomic mass is 10.1. The summed E-state index contributed by atoms with van der Waals surface area (Å²) in [6.45, 7) is 3.69. The molecule has 3 heterocycles. The minimum atomic E-state index is 0.229. The van der Waals surface area contributed by atoms with Gasteiger partial charge in [-0.15, -0.1) is 0 Å². The third-order valence-corrected chi connectivity index (χ3v) is 9.11. The number of hydrogen-bond acceptors (Lipinski definition) is 13. The number of nitrogens with zero attached hydrogens (tertiary/aromatic N) is 5. The summed E-state index contributed by atoms with van der Waals surface area (Å²) in [5, 5.41) is 16.1. The molecule has 1 aliphatic rings. The van der Waals surface area contributed by atoms with Gasteiger partial charge in [-0.1, -0.05) is 58.9 Å². The van der Waals surface area contributed by atoms with E-state index in [1.807, 2.05) is 60.7 Å². The molecule has 0 spiro atoms. The first-order valence-electron chi connectivity index (χ1n) is 14.5. The summed E-state index contributed by atoms with van der Waals surface area (Å²) in [4.78, 5) is 20.7. The van der Waals surface area contributed by atoms with E-state index in [4.69, 9.17) is 39.4 Å². The molecule has 0 atom stereocenters. The van der Waals surface area contributed by atoms with Gasteiger partial charge in [0.25, 0.3) is 0 Å². The predicted molar refractivity (Wildman–Crippen MR) is 190 cm³/mol. The van der Waals surface area contributed by atoms with E-state index in [0.717, 1.165) is 44.7 Å². The standard InChI is InChI=1S/C18H17ClN4OS.C14H16ClN5OS/c19-13-3-7-15(8-4-13)25-16-11-22-18(20)23-17(16)21-10-9-12-1-5-14(24)6-2-12;15-10-1-3-11(4-2-10)22-12-9-17-14(16)18-13(12)19-20-5-7-21-8-6-20/h1-8,11,24H,9-10H2,(H3,20,21,22,23);1-4,9H,5-8H2,(H3,16,17,18,19). The summed E-state index contributed by atoms with van der Waals surface area (Å²) in [6.07, 6.45) is 4.24. The first-order chi connectivity index (χ1) is 22.8. The minimum absolute atomic E-state index is 0.229. The molecule has 47 heavy (non-hydrogen) atoms. The fourth-order valence-corrected chi connectivity index (χ4v) is 6.11. The number of aromatic nitrogens is 4. The number of morpholine rings is 1. The van der Waals surface area contributed by atoms with Crippen LogP contribution in [-0.2, 0) is 11.2 Å². The normalized spacial score (nSPS) is 13.0. The first kappa shape index (κ1) is 34.4. The number of rotatable bonds is 10. The van der Waals surface area contributed by atoms with Crippen LogP contribution in [0.2, 0.25) is 10.0 Å². The fourth-order valence-electron chi connectivity index (χ4n) is 4.20. The van der Waals surface area contributed by atoms with Crippen LogP contribution >= 0.6 is 46.7 Å². The number of ether oxygens (including phenoxy) is 1. The Hall–Kier alpha value is -3.98. The number of nitrogens with one attached hydrogen (secondary N) is 2. The van der Waals surface area contributed by atoms with Crippen molar-refractivity contribution in [2.75, 3.05) is 55.1 Å². The fraction of sp³-hybridized carbons (Fsp3) is 0.188. The van der Waals surface area contributed by atoms with Crippen molar-refractivity contribution < 1.29 is 9.84 Å². The van der Waals surface area contributed by atoms with Crippen LogP contribution in [-0.4, -0.2) is 62.9 Å². The van der Waals surface area contributed by atoms with Crippen LogP contribution in [0.15, 0.2) is 105 Å². The van der Waals surface area contributed by atoms with E-state index < -0.39 is 0 Å². The molecule has 1 aliphatic heterocycles. The van der Waals surface area contributed by atoms with E-state index in [1.165, 1.54) is 0 Å². The quantitative estimate of drug-likeness (QED) is 0.104. The van der Waals surface area contributed by atoms with Crippen LogP contribution in [0, 0.1) is 0 Å². The van der Waals surface area contributed by atoms with Crippen LogP contribution in [0.3, 0.4) is 0 Å². The second kappa shape index (κ2) is 17.3. The van der Waals surface area contributed by atoms with Gasteiger partial charge in [-0.05, 0) is 72.6 Å². The zero-order valence-corrected chi connectivity index (χ0v) is 28.3. The third-order valence-electron chi connectivity index (χ3n) is 6.55. The van der Waals surface area contributed by atoms with Gasteiger partial charge >= 0.3 is 0 Å². The summed E-state index contributed by atoms with van der Waals surface area (Å²) >= 11 is 14.9. The number of aromatic hydroxyl groups is 1. The number of benzene rings is 3. The summed E-state index contributed by atoms with van der Waals surface area (Å²) < 4.78 is 5.34. The van der Waals surface area contributed by atoms with E-state index >= 15 is 0 Å².